The highest BCUT2D eigenvalue weighted by atomic mass is 16.6. The minimum Gasteiger partial charge on any atom is -0.444 e. The molecule has 0 aromatic heterocycles. The maximum absolute atomic E-state index is 11.5. The molecule has 0 saturated carbocycles. The van der Waals surface area contributed by atoms with Crippen molar-refractivity contribution in [2.24, 2.45) is 5.73 Å². The first-order valence-electron chi connectivity index (χ1n) is 5.66. The number of nitrogens with zero attached hydrogens (tertiary/aromatic N) is 1. The van der Waals surface area contributed by atoms with Gasteiger partial charge in [0.25, 0.3) is 0 Å². The van der Waals surface area contributed by atoms with Crippen LogP contribution >= 0.6 is 0 Å². The van der Waals surface area contributed by atoms with E-state index in [4.69, 9.17) is 10.5 Å². The topological polar surface area (TPSA) is 67.6 Å². The molecule has 2 unspecified atom stereocenters. The van der Waals surface area contributed by atoms with E-state index in [1.165, 1.54) is 0 Å². The van der Waals surface area contributed by atoms with Gasteiger partial charge in [-0.05, 0) is 12.5 Å². The normalized spacial score (nSPS) is 23.9. The van der Waals surface area contributed by atoms with Crippen molar-refractivity contribution in [3.05, 3.63) is 35.9 Å². The van der Waals surface area contributed by atoms with Gasteiger partial charge >= 0.3 is 6.09 Å². The fourth-order valence-corrected chi connectivity index (χ4v) is 1.66. The van der Waals surface area contributed by atoms with Gasteiger partial charge in [0.05, 0.1) is 0 Å². The molecular weight excluding hydrogens is 218 g/mol. The van der Waals surface area contributed by atoms with Crippen LogP contribution in [-0.4, -0.2) is 29.7 Å². The van der Waals surface area contributed by atoms with Crippen molar-refractivity contribution in [3.8, 4) is 0 Å². The van der Waals surface area contributed by atoms with Gasteiger partial charge in [0.15, 0.2) is 0 Å². The van der Waals surface area contributed by atoms with Gasteiger partial charge in [0, 0.05) is 18.6 Å². The summed E-state index contributed by atoms with van der Waals surface area (Å²) in [5.74, 6) is 0. The third kappa shape index (κ3) is 2.95. The zero-order valence-electron chi connectivity index (χ0n) is 9.80. The number of ether oxygens (including phenoxy) is 1. The van der Waals surface area contributed by atoms with E-state index in [-0.39, 0.29) is 18.7 Å². The Morgan fingerprint density at radius 2 is 2.24 bits per heavy atom. The highest BCUT2D eigenvalue weighted by Gasteiger charge is 2.33. The molecule has 2 atom stereocenters. The molecule has 92 valence electrons. The molecule has 1 aromatic carbocycles. The summed E-state index contributed by atoms with van der Waals surface area (Å²) >= 11 is 0. The second kappa shape index (κ2) is 5.16. The van der Waals surface area contributed by atoms with Crippen molar-refractivity contribution in [2.75, 3.05) is 6.54 Å². The van der Waals surface area contributed by atoms with Crippen molar-refractivity contribution in [2.45, 2.75) is 25.6 Å². The van der Waals surface area contributed by atoms with Crippen LogP contribution in [0.1, 0.15) is 12.5 Å². The first kappa shape index (κ1) is 11.9. The molecule has 3 N–H and O–H groups in total. The van der Waals surface area contributed by atoms with Crippen LogP contribution in [0.15, 0.2) is 30.3 Å². The van der Waals surface area contributed by atoms with Gasteiger partial charge in [-0.25, -0.2) is 9.80 Å². The minimum atomic E-state index is -0.437. The first-order chi connectivity index (χ1) is 8.16. The van der Waals surface area contributed by atoms with Crippen LogP contribution in [0.2, 0.25) is 0 Å². The quantitative estimate of drug-likeness (QED) is 0.815. The van der Waals surface area contributed by atoms with E-state index >= 15 is 0 Å². The smallest absolute Gasteiger partial charge is 0.422 e. The van der Waals surface area contributed by atoms with E-state index in [1.807, 2.05) is 37.3 Å². The fraction of sp³-hybridized carbons (Fsp3) is 0.417. The van der Waals surface area contributed by atoms with E-state index in [9.17, 15) is 4.79 Å². The van der Waals surface area contributed by atoms with Crippen molar-refractivity contribution in [1.82, 2.24) is 10.4 Å². The average Bonchev–Trinajstić information content (AvgIpc) is 2.37. The number of benzene rings is 1. The predicted octanol–water partition coefficient (Wildman–Crippen LogP) is 0.859. The number of carbonyl (C=O) groups is 1. The van der Waals surface area contributed by atoms with Gasteiger partial charge in [-0.3, -0.25) is 5.43 Å². The van der Waals surface area contributed by atoms with E-state index in [1.54, 1.807) is 5.01 Å². The molecule has 0 bridgehead atoms. The lowest BCUT2D eigenvalue weighted by molar-refractivity contribution is 0.0139. The van der Waals surface area contributed by atoms with Gasteiger partial charge in [-0.15, -0.1) is 0 Å². The van der Waals surface area contributed by atoms with Crippen LogP contribution < -0.4 is 11.2 Å². The Kier molecular flexibility index (Phi) is 3.61. The predicted molar refractivity (Wildman–Crippen MR) is 63.9 cm³/mol. The third-order valence-corrected chi connectivity index (χ3v) is 2.97. The molecule has 1 fully saturated rings. The van der Waals surface area contributed by atoms with E-state index in [0.29, 0.717) is 6.54 Å². The molecule has 1 heterocycles. The summed E-state index contributed by atoms with van der Waals surface area (Å²) in [5, 5.41) is 1.78. The number of hydrogen-bond acceptors (Lipinski definition) is 4. The fourth-order valence-electron chi connectivity index (χ4n) is 1.66. The molecule has 17 heavy (non-hydrogen) atoms. The lowest BCUT2D eigenvalue weighted by Crippen LogP contribution is -2.68. The number of hydrogen-bond donors (Lipinski definition) is 2. The Morgan fingerprint density at radius 1 is 1.53 bits per heavy atom. The molecule has 1 aliphatic heterocycles. The number of hydrazine groups is 1. The maximum Gasteiger partial charge on any atom is 0.422 e. The Bertz CT molecular complexity index is 383. The highest BCUT2D eigenvalue weighted by Crippen LogP contribution is 2.12. The van der Waals surface area contributed by atoms with Gasteiger partial charge in [-0.2, -0.15) is 0 Å². The molecule has 1 amide bonds. The van der Waals surface area contributed by atoms with Crippen molar-refractivity contribution in [1.29, 1.82) is 0 Å². The summed E-state index contributed by atoms with van der Waals surface area (Å²) in [6.45, 7) is 2.91. The molecular formula is C12H17N3O2. The number of amides is 1. The molecule has 1 aliphatic rings. The summed E-state index contributed by atoms with van der Waals surface area (Å²) in [7, 11) is 0. The Labute approximate surface area is 101 Å². The molecule has 1 aromatic rings. The molecule has 5 nitrogen and oxygen atoms in total. The summed E-state index contributed by atoms with van der Waals surface area (Å²) in [5.41, 5.74) is 9.35. The summed E-state index contributed by atoms with van der Waals surface area (Å²) in [4.78, 5) is 11.5. The Balaban J connectivity index is 1.72. The average molecular weight is 235 g/mol. The van der Waals surface area contributed by atoms with Crippen molar-refractivity contribution >= 4 is 6.09 Å². The number of carbonyl (C=O) groups excluding carboxylic acids is 1. The molecule has 2 rings (SSSR count). The summed E-state index contributed by atoms with van der Waals surface area (Å²) in [6, 6.07) is 9.86. The lowest BCUT2D eigenvalue weighted by atomic mass is 10.0. The van der Waals surface area contributed by atoms with Gasteiger partial charge in [-0.1, -0.05) is 30.3 Å². The van der Waals surface area contributed by atoms with Gasteiger partial charge < -0.3 is 10.5 Å². The van der Waals surface area contributed by atoms with Gasteiger partial charge in [0.2, 0.25) is 0 Å². The monoisotopic (exact) mass is 235 g/mol. The van der Waals surface area contributed by atoms with Crippen LogP contribution in [0.25, 0.3) is 0 Å². The zero-order chi connectivity index (χ0) is 12.3. The molecule has 0 spiro atoms. The number of rotatable bonds is 3. The summed E-state index contributed by atoms with van der Waals surface area (Å²) in [6.07, 6.45) is -0.437. The number of nitrogens with two attached hydrogens (primary N) is 1. The largest absolute Gasteiger partial charge is 0.444 e. The van der Waals surface area contributed by atoms with Gasteiger partial charge in [0.1, 0.15) is 6.61 Å². The number of nitrogens with one attached hydrogen (secondary N) is 1. The second-order valence-corrected chi connectivity index (χ2v) is 4.23. The lowest BCUT2D eigenvalue weighted by Gasteiger charge is -2.43. The Hall–Kier alpha value is -1.59. The molecule has 1 saturated heterocycles. The van der Waals surface area contributed by atoms with Crippen molar-refractivity contribution in [3.63, 3.8) is 0 Å². The maximum atomic E-state index is 11.5. The SMILES string of the molecule is CC1C(N)CN1NC(=O)OCc1ccccc1. The van der Waals surface area contributed by atoms with E-state index < -0.39 is 6.09 Å². The first-order valence-corrected chi connectivity index (χ1v) is 5.66. The minimum absolute atomic E-state index is 0.129. The van der Waals surface area contributed by atoms with E-state index in [0.717, 1.165) is 5.56 Å². The van der Waals surface area contributed by atoms with Crippen LogP contribution in [-0.2, 0) is 11.3 Å². The standard InChI is InChI=1S/C12H17N3O2/c1-9-11(13)7-15(9)14-12(16)17-8-10-5-3-2-4-6-10/h2-6,9,11H,7-8,13H2,1H3,(H,14,16). The van der Waals surface area contributed by atoms with Crippen molar-refractivity contribution < 1.29 is 9.53 Å². The third-order valence-electron chi connectivity index (χ3n) is 2.97. The second-order valence-electron chi connectivity index (χ2n) is 4.23. The summed E-state index contributed by atoms with van der Waals surface area (Å²) < 4.78 is 5.09. The molecule has 0 aliphatic carbocycles. The molecule has 5 heteroatoms. The van der Waals surface area contributed by atoms with Crippen LogP contribution in [0.5, 0.6) is 0 Å². The van der Waals surface area contributed by atoms with Crippen LogP contribution in [0.4, 0.5) is 4.79 Å². The van der Waals surface area contributed by atoms with E-state index in [2.05, 4.69) is 5.43 Å². The zero-order valence-corrected chi connectivity index (χ0v) is 9.80. The molecule has 0 radical (unpaired) electrons. The highest BCUT2D eigenvalue weighted by molar-refractivity contribution is 5.66. The van der Waals surface area contributed by atoms with Crippen LogP contribution in [0, 0.1) is 0 Å². The van der Waals surface area contributed by atoms with Crippen LogP contribution in [0.3, 0.4) is 0 Å². The Morgan fingerprint density at radius 3 is 2.82 bits per heavy atom.